The average Bonchev–Trinajstić information content (AvgIpc) is 2.96. The summed E-state index contributed by atoms with van der Waals surface area (Å²) in [4.78, 5) is 14.4. The number of amides is 1. The van der Waals surface area contributed by atoms with Crippen LogP contribution in [0.15, 0.2) is 0 Å². The fraction of sp³-hybridized carbons (Fsp3) is 0.933. The first-order chi connectivity index (χ1) is 8.63. The van der Waals surface area contributed by atoms with Crippen LogP contribution in [0.3, 0.4) is 0 Å². The summed E-state index contributed by atoms with van der Waals surface area (Å²) in [7, 11) is 0. The van der Waals surface area contributed by atoms with Crippen LogP contribution in [0.2, 0.25) is 0 Å². The lowest BCUT2D eigenvalue weighted by atomic mass is 9.93. The van der Waals surface area contributed by atoms with Gasteiger partial charge in [0.1, 0.15) is 0 Å². The fourth-order valence-corrected chi connectivity index (χ4v) is 3.52. The van der Waals surface area contributed by atoms with E-state index >= 15 is 0 Å². The fourth-order valence-electron chi connectivity index (χ4n) is 3.52. The predicted molar refractivity (Wildman–Crippen MR) is 72.2 cm³/mol. The number of rotatable bonds is 4. The molecule has 104 valence electrons. The van der Waals surface area contributed by atoms with Crippen LogP contribution in [0, 0.1) is 11.8 Å². The van der Waals surface area contributed by atoms with E-state index in [-0.39, 0.29) is 6.10 Å². The van der Waals surface area contributed by atoms with E-state index in [2.05, 4.69) is 18.7 Å². The molecule has 1 saturated heterocycles. The Labute approximate surface area is 111 Å². The highest BCUT2D eigenvalue weighted by atomic mass is 16.3. The lowest BCUT2D eigenvalue weighted by Crippen LogP contribution is -2.42. The molecule has 0 aromatic heterocycles. The van der Waals surface area contributed by atoms with Gasteiger partial charge in [-0.2, -0.15) is 0 Å². The number of hydrogen-bond donors (Lipinski definition) is 1. The molecule has 2 fully saturated rings. The highest BCUT2D eigenvalue weighted by Gasteiger charge is 2.39. The second-order valence-corrected chi connectivity index (χ2v) is 6.18. The van der Waals surface area contributed by atoms with Crippen molar-refractivity contribution in [3.63, 3.8) is 0 Å². The molecule has 3 nitrogen and oxygen atoms in total. The molecule has 3 heteroatoms. The van der Waals surface area contributed by atoms with Gasteiger partial charge in [0.15, 0.2) is 0 Å². The van der Waals surface area contributed by atoms with Gasteiger partial charge in [-0.1, -0.05) is 26.7 Å². The third-order valence-electron chi connectivity index (χ3n) is 4.87. The van der Waals surface area contributed by atoms with E-state index in [1.165, 1.54) is 0 Å². The van der Waals surface area contributed by atoms with Gasteiger partial charge >= 0.3 is 0 Å². The summed E-state index contributed by atoms with van der Waals surface area (Å²) in [5.74, 6) is 1.13. The minimum Gasteiger partial charge on any atom is -0.393 e. The summed E-state index contributed by atoms with van der Waals surface area (Å²) in [6.45, 7) is 5.19. The van der Waals surface area contributed by atoms with E-state index in [4.69, 9.17) is 0 Å². The number of carbonyl (C=O) groups is 1. The minimum absolute atomic E-state index is 0.174. The van der Waals surface area contributed by atoms with Gasteiger partial charge < -0.3 is 10.0 Å². The molecular weight excluding hydrogens is 226 g/mol. The molecule has 2 aliphatic rings. The van der Waals surface area contributed by atoms with Gasteiger partial charge in [-0.25, -0.2) is 0 Å². The van der Waals surface area contributed by atoms with Crippen LogP contribution in [0.5, 0.6) is 0 Å². The van der Waals surface area contributed by atoms with Crippen molar-refractivity contribution in [3.8, 4) is 0 Å². The van der Waals surface area contributed by atoms with Crippen LogP contribution in [0.25, 0.3) is 0 Å². The Morgan fingerprint density at radius 1 is 1.33 bits per heavy atom. The molecule has 1 heterocycles. The highest BCUT2D eigenvalue weighted by molar-refractivity contribution is 5.77. The molecule has 0 aromatic carbocycles. The number of likely N-dealkylation sites (tertiary alicyclic amines) is 1. The van der Waals surface area contributed by atoms with Crippen molar-refractivity contribution in [1.82, 2.24) is 4.90 Å². The standard InChI is InChI=1S/C15H27NO2/c1-3-11(2)10-15(18)16-9-5-7-13(16)12-6-4-8-14(12)17/h11-14,17H,3-10H2,1-2H3. The van der Waals surface area contributed by atoms with Crippen LogP contribution < -0.4 is 0 Å². The third kappa shape index (κ3) is 2.87. The van der Waals surface area contributed by atoms with Gasteiger partial charge in [-0.3, -0.25) is 4.79 Å². The van der Waals surface area contributed by atoms with Gasteiger partial charge in [-0.05, 0) is 31.6 Å². The molecule has 18 heavy (non-hydrogen) atoms. The monoisotopic (exact) mass is 253 g/mol. The zero-order valence-electron chi connectivity index (χ0n) is 11.8. The normalized spacial score (nSPS) is 33.9. The summed E-state index contributed by atoms with van der Waals surface area (Å²) in [5, 5.41) is 10.0. The second kappa shape index (κ2) is 6.05. The quantitative estimate of drug-likeness (QED) is 0.836. The van der Waals surface area contributed by atoms with E-state index in [9.17, 15) is 9.90 Å². The van der Waals surface area contributed by atoms with Crippen LogP contribution in [0.1, 0.15) is 58.8 Å². The Morgan fingerprint density at radius 2 is 2.11 bits per heavy atom. The van der Waals surface area contributed by atoms with Crippen molar-refractivity contribution in [1.29, 1.82) is 0 Å². The summed E-state index contributed by atoms with van der Waals surface area (Å²) < 4.78 is 0. The lowest BCUT2D eigenvalue weighted by molar-refractivity contribution is -0.134. The average molecular weight is 253 g/mol. The highest BCUT2D eigenvalue weighted by Crippen LogP contribution is 2.36. The first kappa shape index (κ1) is 13.9. The van der Waals surface area contributed by atoms with Gasteiger partial charge in [-0.15, -0.1) is 0 Å². The van der Waals surface area contributed by atoms with Crippen LogP contribution in [-0.4, -0.2) is 34.6 Å². The van der Waals surface area contributed by atoms with E-state index in [0.717, 1.165) is 45.1 Å². The number of aliphatic hydroxyl groups excluding tert-OH is 1. The van der Waals surface area contributed by atoms with Crippen molar-refractivity contribution in [3.05, 3.63) is 0 Å². The molecule has 1 N–H and O–H groups in total. The first-order valence-corrected chi connectivity index (χ1v) is 7.61. The van der Waals surface area contributed by atoms with Crippen molar-refractivity contribution in [2.45, 2.75) is 70.9 Å². The van der Waals surface area contributed by atoms with Gasteiger partial charge in [0.05, 0.1) is 6.10 Å². The van der Waals surface area contributed by atoms with E-state index in [1.807, 2.05) is 0 Å². The Hall–Kier alpha value is -0.570. The first-order valence-electron chi connectivity index (χ1n) is 7.61. The van der Waals surface area contributed by atoms with E-state index in [1.54, 1.807) is 0 Å². The molecule has 0 radical (unpaired) electrons. The summed E-state index contributed by atoms with van der Waals surface area (Å²) in [6.07, 6.45) is 6.91. The van der Waals surface area contributed by atoms with Gasteiger partial charge in [0.2, 0.25) is 5.91 Å². The van der Waals surface area contributed by atoms with Crippen molar-refractivity contribution >= 4 is 5.91 Å². The predicted octanol–water partition coefficient (Wildman–Crippen LogP) is 2.57. The minimum atomic E-state index is -0.174. The number of hydrogen-bond acceptors (Lipinski definition) is 2. The lowest BCUT2D eigenvalue weighted by Gasteiger charge is -2.32. The van der Waals surface area contributed by atoms with Crippen LogP contribution >= 0.6 is 0 Å². The SMILES string of the molecule is CCC(C)CC(=O)N1CCCC1C1CCCC1O. The zero-order chi connectivity index (χ0) is 13.1. The third-order valence-corrected chi connectivity index (χ3v) is 4.87. The summed E-state index contributed by atoms with van der Waals surface area (Å²) in [6, 6.07) is 0.319. The Bertz CT molecular complexity index is 292. The Morgan fingerprint density at radius 3 is 2.72 bits per heavy atom. The molecular formula is C15H27NO2. The summed E-state index contributed by atoms with van der Waals surface area (Å²) in [5.41, 5.74) is 0. The summed E-state index contributed by atoms with van der Waals surface area (Å²) >= 11 is 0. The topological polar surface area (TPSA) is 40.5 Å². The Kier molecular flexibility index (Phi) is 4.66. The van der Waals surface area contributed by atoms with Crippen LogP contribution in [0.4, 0.5) is 0 Å². The van der Waals surface area contributed by atoms with Gasteiger partial charge in [0, 0.05) is 24.9 Å². The smallest absolute Gasteiger partial charge is 0.223 e. The number of carbonyl (C=O) groups excluding carboxylic acids is 1. The molecule has 1 saturated carbocycles. The Balaban J connectivity index is 1.96. The second-order valence-electron chi connectivity index (χ2n) is 6.18. The van der Waals surface area contributed by atoms with E-state index in [0.29, 0.717) is 30.2 Å². The molecule has 4 atom stereocenters. The molecule has 0 aromatic rings. The van der Waals surface area contributed by atoms with Crippen LogP contribution in [-0.2, 0) is 4.79 Å². The molecule has 1 aliphatic heterocycles. The van der Waals surface area contributed by atoms with Crippen molar-refractivity contribution < 1.29 is 9.90 Å². The maximum atomic E-state index is 12.3. The maximum absolute atomic E-state index is 12.3. The molecule has 4 unspecified atom stereocenters. The number of aliphatic hydroxyl groups is 1. The molecule has 1 amide bonds. The van der Waals surface area contributed by atoms with E-state index < -0.39 is 0 Å². The number of nitrogens with zero attached hydrogens (tertiary/aromatic N) is 1. The molecule has 0 bridgehead atoms. The van der Waals surface area contributed by atoms with Crippen molar-refractivity contribution in [2.75, 3.05) is 6.54 Å². The largest absolute Gasteiger partial charge is 0.393 e. The van der Waals surface area contributed by atoms with Crippen molar-refractivity contribution in [2.24, 2.45) is 11.8 Å². The molecule has 0 spiro atoms. The zero-order valence-corrected chi connectivity index (χ0v) is 11.8. The molecule has 2 rings (SSSR count). The molecule has 1 aliphatic carbocycles. The maximum Gasteiger partial charge on any atom is 0.223 e. The van der Waals surface area contributed by atoms with Gasteiger partial charge in [0.25, 0.3) is 0 Å².